The van der Waals surface area contributed by atoms with Crippen LogP contribution in [0.1, 0.15) is 47.0 Å². The van der Waals surface area contributed by atoms with Crippen molar-refractivity contribution in [2.75, 3.05) is 33.2 Å². The molecule has 1 N–H and O–H groups in total. The first kappa shape index (κ1) is 20.4. The van der Waals surface area contributed by atoms with E-state index in [0.29, 0.717) is 12.1 Å². The molecule has 5 heteroatoms. The van der Waals surface area contributed by atoms with Gasteiger partial charge in [-0.15, -0.1) is 0 Å². The fourth-order valence-corrected chi connectivity index (χ4v) is 3.93. The Labute approximate surface area is 177 Å². The summed E-state index contributed by atoms with van der Waals surface area (Å²) in [5.74, 6) is 0.270. The van der Waals surface area contributed by atoms with Crippen molar-refractivity contribution in [2.45, 2.75) is 26.2 Å². The first-order chi connectivity index (χ1) is 14.5. The van der Waals surface area contributed by atoms with Gasteiger partial charge >= 0.3 is 0 Å². The number of likely N-dealkylation sites (N-methyl/N-ethyl adjacent to an activating group) is 1. The zero-order valence-electron chi connectivity index (χ0n) is 17.8. The number of benzene rings is 2. The zero-order chi connectivity index (χ0) is 21.1. The van der Waals surface area contributed by atoms with Crippen LogP contribution < -0.4 is 0 Å². The lowest BCUT2D eigenvalue weighted by Crippen LogP contribution is -2.47. The van der Waals surface area contributed by atoms with E-state index in [9.17, 15) is 9.59 Å². The van der Waals surface area contributed by atoms with Crippen LogP contribution in [0.4, 0.5) is 0 Å². The molecule has 0 unspecified atom stereocenters. The molecule has 30 heavy (non-hydrogen) atoms. The number of fused-ring (bicyclic) bond motifs is 1. The summed E-state index contributed by atoms with van der Waals surface area (Å²) in [5.41, 5.74) is 4.50. The number of nitrogens with one attached hydrogen (secondary N) is 1. The molecule has 5 nitrogen and oxygen atoms in total. The highest BCUT2D eigenvalue weighted by atomic mass is 16.2. The lowest BCUT2D eigenvalue weighted by atomic mass is 10.0. The second kappa shape index (κ2) is 8.84. The summed E-state index contributed by atoms with van der Waals surface area (Å²) in [5, 5.41) is 1.04. The van der Waals surface area contributed by atoms with E-state index in [4.69, 9.17) is 0 Å². The van der Waals surface area contributed by atoms with Gasteiger partial charge < -0.3 is 14.8 Å². The van der Waals surface area contributed by atoms with Crippen molar-refractivity contribution in [3.05, 3.63) is 59.8 Å². The number of ketones is 1. The normalized spacial score (nSPS) is 14.9. The summed E-state index contributed by atoms with van der Waals surface area (Å²) >= 11 is 0. The number of aromatic nitrogens is 1. The van der Waals surface area contributed by atoms with Crippen LogP contribution in [0, 0.1) is 0 Å². The molecule has 1 fully saturated rings. The van der Waals surface area contributed by atoms with E-state index in [0.717, 1.165) is 66.6 Å². The van der Waals surface area contributed by atoms with Gasteiger partial charge in [0.2, 0.25) is 0 Å². The summed E-state index contributed by atoms with van der Waals surface area (Å²) in [6.07, 6.45) is 2.51. The molecule has 2 aromatic carbocycles. The number of piperazine rings is 1. The third-order valence-corrected chi connectivity index (χ3v) is 5.94. The van der Waals surface area contributed by atoms with Crippen LogP contribution in [0.25, 0.3) is 22.0 Å². The molecule has 0 radical (unpaired) electrons. The fraction of sp³-hybridized carbons (Fsp3) is 0.360. The van der Waals surface area contributed by atoms with Gasteiger partial charge in [-0.25, -0.2) is 0 Å². The van der Waals surface area contributed by atoms with Crippen LogP contribution in [0.5, 0.6) is 0 Å². The maximum Gasteiger partial charge on any atom is 0.253 e. The number of hydrogen-bond acceptors (Lipinski definition) is 3. The summed E-state index contributed by atoms with van der Waals surface area (Å²) in [6.45, 7) is 5.49. The number of hydrogen-bond donors (Lipinski definition) is 1. The van der Waals surface area contributed by atoms with E-state index >= 15 is 0 Å². The van der Waals surface area contributed by atoms with Gasteiger partial charge in [-0.3, -0.25) is 9.59 Å². The number of amides is 1. The molecular weight excluding hydrogens is 374 g/mol. The number of aromatic amines is 1. The van der Waals surface area contributed by atoms with Crippen molar-refractivity contribution in [3.63, 3.8) is 0 Å². The predicted molar refractivity (Wildman–Crippen MR) is 121 cm³/mol. The van der Waals surface area contributed by atoms with Gasteiger partial charge in [-0.05, 0) is 48.9 Å². The Bertz CT molecular complexity index is 1040. The number of rotatable bonds is 6. The Morgan fingerprint density at radius 1 is 0.933 bits per heavy atom. The van der Waals surface area contributed by atoms with Gasteiger partial charge in [0.1, 0.15) is 0 Å². The van der Waals surface area contributed by atoms with E-state index in [1.807, 2.05) is 41.3 Å². The summed E-state index contributed by atoms with van der Waals surface area (Å²) < 4.78 is 0. The summed E-state index contributed by atoms with van der Waals surface area (Å²) in [6, 6.07) is 15.9. The molecule has 0 saturated carbocycles. The van der Waals surface area contributed by atoms with Gasteiger partial charge in [0.05, 0.1) is 5.69 Å². The number of unbranched alkanes of at least 4 members (excludes halogenated alkanes) is 1. The molecule has 0 aliphatic carbocycles. The fourth-order valence-electron chi connectivity index (χ4n) is 3.93. The van der Waals surface area contributed by atoms with Crippen molar-refractivity contribution in [1.29, 1.82) is 0 Å². The smallest absolute Gasteiger partial charge is 0.253 e. The van der Waals surface area contributed by atoms with Gasteiger partial charge in [-0.2, -0.15) is 0 Å². The number of H-pyrrole nitrogens is 1. The topological polar surface area (TPSA) is 56.4 Å². The Kier molecular flexibility index (Phi) is 6.00. The molecule has 156 valence electrons. The second-order valence-corrected chi connectivity index (χ2v) is 8.18. The van der Waals surface area contributed by atoms with Crippen molar-refractivity contribution in [2.24, 2.45) is 0 Å². The van der Waals surface area contributed by atoms with Crippen LogP contribution in [-0.2, 0) is 0 Å². The average molecular weight is 404 g/mol. The van der Waals surface area contributed by atoms with E-state index in [2.05, 4.69) is 36.0 Å². The Morgan fingerprint density at radius 2 is 1.63 bits per heavy atom. The first-order valence-electron chi connectivity index (χ1n) is 10.8. The lowest BCUT2D eigenvalue weighted by Gasteiger charge is -2.32. The molecule has 0 spiro atoms. The first-order valence-corrected chi connectivity index (χ1v) is 10.8. The molecular formula is C25H29N3O2. The molecule has 1 aliphatic rings. The van der Waals surface area contributed by atoms with Crippen LogP contribution in [0.2, 0.25) is 0 Å². The number of nitrogens with zero attached hydrogens (tertiary/aromatic N) is 2. The molecule has 4 rings (SSSR count). The number of carbonyl (C=O) groups is 2. The highest BCUT2D eigenvalue weighted by Gasteiger charge is 2.20. The van der Waals surface area contributed by atoms with Crippen LogP contribution in [-0.4, -0.2) is 59.7 Å². The minimum Gasteiger partial charge on any atom is -0.352 e. The van der Waals surface area contributed by atoms with E-state index in [1.165, 1.54) is 0 Å². The van der Waals surface area contributed by atoms with Crippen molar-refractivity contribution in [3.8, 4) is 11.1 Å². The zero-order valence-corrected chi connectivity index (χ0v) is 17.8. The Hall–Kier alpha value is -2.92. The van der Waals surface area contributed by atoms with E-state index in [-0.39, 0.29) is 11.7 Å². The molecule has 1 aliphatic heterocycles. The molecule has 2 heterocycles. The highest BCUT2D eigenvalue weighted by Crippen LogP contribution is 2.26. The quantitative estimate of drug-likeness (QED) is 0.612. The minimum atomic E-state index is 0.102. The van der Waals surface area contributed by atoms with Crippen LogP contribution >= 0.6 is 0 Å². The number of Topliss-reactive ketones (excluding diaryl/α,β-unsaturated/α-hetero) is 1. The maximum atomic E-state index is 12.7. The van der Waals surface area contributed by atoms with E-state index < -0.39 is 0 Å². The molecule has 1 aromatic heterocycles. The van der Waals surface area contributed by atoms with Crippen molar-refractivity contribution >= 4 is 22.6 Å². The Morgan fingerprint density at radius 3 is 2.33 bits per heavy atom. The molecule has 0 atom stereocenters. The van der Waals surface area contributed by atoms with E-state index in [1.54, 1.807) is 0 Å². The lowest BCUT2D eigenvalue weighted by molar-refractivity contribution is 0.0664. The molecule has 1 saturated heterocycles. The highest BCUT2D eigenvalue weighted by molar-refractivity contribution is 6.00. The number of carbonyl (C=O) groups excluding carboxylic acids is 2. The predicted octanol–water partition coefficient (Wildman–Crippen LogP) is 4.60. The summed E-state index contributed by atoms with van der Waals surface area (Å²) in [4.78, 5) is 32.5. The van der Waals surface area contributed by atoms with Crippen LogP contribution in [0.3, 0.4) is 0 Å². The van der Waals surface area contributed by atoms with Crippen molar-refractivity contribution < 1.29 is 9.59 Å². The average Bonchev–Trinajstić information content (AvgIpc) is 3.21. The van der Waals surface area contributed by atoms with Gasteiger partial charge in [0, 0.05) is 49.1 Å². The van der Waals surface area contributed by atoms with Crippen LogP contribution in [0.15, 0.2) is 48.5 Å². The third kappa shape index (κ3) is 4.31. The summed E-state index contributed by atoms with van der Waals surface area (Å²) in [7, 11) is 2.08. The standard InChI is InChI=1S/C25H29N3O2/c1-3-4-5-24(29)23-17-21-11-10-20(16-22(21)26-23)18-6-8-19(9-7-18)25(30)28-14-12-27(2)13-15-28/h6-11,16-17,26H,3-5,12-15H2,1-2H3. The SMILES string of the molecule is CCCCC(=O)c1cc2ccc(-c3ccc(C(=O)N4CCN(C)CC4)cc3)cc2[nH]1. The second-order valence-electron chi connectivity index (χ2n) is 8.18. The molecule has 1 amide bonds. The van der Waals surface area contributed by atoms with Gasteiger partial charge in [0.15, 0.2) is 5.78 Å². The molecule has 0 bridgehead atoms. The third-order valence-electron chi connectivity index (χ3n) is 5.94. The Balaban J connectivity index is 1.51. The molecule has 3 aromatic rings. The monoisotopic (exact) mass is 403 g/mol. The largest absolute Gasteiger partial charge is 0.352 e. The van der Waals surface area contributed by atoms with Gasteiger partial charge in [0.25, 0.3) is 5.91 Å². The minimum absolute atomic E-state index is 0.102. The maximum absolute atomic E-state index is 12.7. The van der Waals surface area contributed by atoms with Gasteiger partial charge in [-0.1, -0.05) is 37.6 Å². The van der Waals surface area contributed by atoms with Crippen molar-refractivity contribution in [1.82, 2.24) is 14.8 Å².